The minimum absolute atomic E-state index is 0.116. The van der Waals surface area contributed by atoms with Gasteiger partial charge in [-0.3, -0.25) is 4.79 Å². The molecule has 0 bridgehead atoms. The van der Waals surface area contributed by atoms with Crippen LogP contribution in [-0.4, -0.2) is 19.5 Å². The van der Waals surface area contributed by atoms with Gasteiger partial charge in [0, 0.05) is 17.9 Å². The SMILES string of the molecule is O=C(CC1C=CC(F)=CC1S(=O)(=O)c1ccc(F)cc1)c1ccccc1-c1ccccc1. The maximum atomic E-state index is 14.0. The molecule has 3 nitrogen and oxygen atoms in total. The van der Waals surface area contributed by atoms with Crippen LogP contribution in [0.3, 0.4) is 0 Å². The highest BCUT2D eigenvalue weighted by atomic mass is 32.2. The van der Waals surface area contributed by atoms with Gasteiger partial charge in [0.15, 0.2) is 15.6 Å². The number of carbonyl (C=O) groups excluding carboxylic acids is 1. The normalized spacial score (nSPS) is 18.2. The van der Waals surface area contributed by atoms with Crippen LogP contribution >= 0.6 is 0 Å². The van der Waals surface area contributed by atoms with Gasteiger partial charge in [0.2, 0.25) is 0 Å². The Balaban J connectivity index is 1.66. The minimum Gasteiger partial charge on any atom is -0.294 e. The Labute approximate surface area is 185 Å². The zero-order valence-corrected chi connectivity index (χ0v) is 17.8. The lowest BCUT2D eigenvalue weighted by Gasteiger charge is -2.24. The zero-order chi connectivity index (χ0) is 22.7. The van der Waals surface area contributed by atoms with E-state index in [4.69, 9.17) is 0 Å². The third-order valence-corrected chi connectivity index (χ3v) is 7.61. The van der Waals surface area contributed by atoms with E-state index in [2.05, 4.69) is 0 Å². The summed E-state index contributed by atoms with van der Waals surface area (Å²) in [7, 11) is -4.04. The van der Waals surface area contributed by atoms with Gasteiger partial charge in [-0.1, -0.05) is 60.7 Å². The van der Waals surface area contributed by atoms with Gasteiger partial charge in [-0.05, 0) is 47.5 Å². The summed E-state index contributed by atoms with van der Waals surface area (Å²) in [6.07, 6.45) is 3.50. The molecule has 6 heteroatoms. The number of carbonyl (C=O) groups is 1. The van der Waals surface area contributed by atoms with Crippen LogP contribution in [0.25, 0.3) is 11.1 Å². The number of Topliss-reactive ketones (excluding diaryl/α,β-unsaturated/α-hetero) is 1. The van der Waals surface area contributed by atoms with E-state index in [1.54, 1.807) is 12.1 Å². The van der Waals surface area contributed by atoms with Crippen LogP contribution in [0.15, 0.2) is 108 Å². The van der Waals surface area contributed by atoms with E-state index < -0.39 is 32.6 Å². The molecule has 1 aliphatic carbocycles. The van der Waals surface area contributed by atoms with Gasteiger partial charge >= 0.3 is 0 Å². The Morgan fingerprint density at radius 3 is 2.22 bits per heavy atom. The van der Waals surface area contributed by atoms with E-state index in [1.165, 1.54) is 12.2 Å². The first-order chi connectivity index (χ1) is 15.4. The molecule has 4 rings (SSSR count). The third-order valence-electron chi connectivity index (χ3n) is 5.48. The summed E-state index contributed by atoms with van der Waals surface area (Å²) in [6.45, 7) is 0. The third kappa shape index (κ3) is 4.46. The second-order valence-corrected chi connectivity index (χ2v) is 9.68. The Kier molecular flexibility index (Phi) is 6.15. The summed E-state index contributed by atoms with van der Waals surface area (Å²) in [5.74, 6) is -2.26. The van der Waals surface area contributed by atoms with Crippen molar-refractivity contribution >= 4 is 15.6 Å². The van der Waals surface area contributed by atoms with Crippen molar-refractivity contribution in [2.75, 3.05) is 0 Å². The average Bonchev–Trinajstić information content (AvgIpc) is 2.81. The lowest BCUT2D eigenvalue weighted by molar-refractivity contribution is 0.0970. The second kappa shape index (κ2) is 9.01. The van der Waals surface area contributed by atoms with Gasteiger partial charge in [0.05, 0.1) is 10.1 Å². The first-order valence-corrected chi connectivity index (χ1v) is 11.6. The summed E-state index contributed by atoms with van der Waals surface area (Å²) in [6, 6.07) is 20.9. The monoisotopic (exact) mass is 450 g/mol. The smallest absolute Gasteiger partial charge is 0.185 e. The number of hydrogen-bond donors (Lipinski definition) is 0. The number of sulfone groups is 1. The molecule has 3 aromatic carbocycles. The lowest BCUT2D eigenvalue weighted by atomic mass is 9.89. The number of benzene rings is 3. The first kappa shape index (κ1) is 21.8. The molecule has 3 aromatic rings. The Bertz CT molecular complexity index is 1290. The van der Waals surface area contributed by atoms with Crippen molar-refractivity contribution < 1.29 is 22.0 Å². The van der Waals surface area contributed by atoms with E-state index in [0.717, 1.165) is 41.5 Å². The van der Waals surface area contributed by atoms with Crippen LogP contribution in [0.1, 0.15) is 16.8 Å². The maximum Gasteiger partial charge on any atom is 0.185 e. The summed E-state index contributed by atoms with van der Waals surface area (Å²) in [5, 5.41) is -1.27. The molecule has 0 aliphatic heterocycles. The van der Waals surface area contributed by atoms with Gasteiger partial charge in [0.1, 0.15) is 11.6 Å². The Hall–Kier alpha value is -3.38. The van der Waals surface area contributed by atoms with E-state index in [1.807, 2.05) is 42.5 Å². The predicted octanol–water partition coefficient (Wildman–Crippen LogP) is 5.95. The molecule has 0 heterocycles. The topological polar surface area (TPSA) is 51.2 Å². The van der Waals surface area contributed by atoms with Gasteiger partial charge in [0.25, 0.3) is 0 Å². The molecule has 2 unspecified atom stereocenters. The number of allylic oxidation sites excluding steroid dienone is 3. The van der Waals surface area contributed by atoms with E-state index >= 15 is 0 Å². The highest BCUT2D eigenvalue weighted by Crippen LogP contribution is 2.33. The molecule has 0 saturated heterocycles. The molecular formula is C26H20F2O3S. The zero-order valence-electron chi connectivity index (χ0n) is 17.0. The molecule has 0 N–H and O–H groups in total. The molecular weight excluding hydrogens is 430 g/mol. The molecule has 32 heavy (non-hydrogen) atoms. The van der Waals surface area contributed by atoms with E-state index in [9.17, 15) is 22.0 Å². The number of ketones is 1. The molecule has 2 atom stereocenters. The molecule has 162 valence electrons. The average molecular weight is 451 g/mol. The van der Waals surface area contributed by atoms with Gasteiger partial charge < -0.3 is 0 Å². The van der Waals surface area contributed by atoms with Gasteiger partial charge in [-0.15, -0.1) is 0 Å². The number of rotatable bonds is 6. The van der Waals surface area contributed by atoms with Crippen molar-refractivity contribution in [1.29, 1.82) is 0 Å². The Morgan fingerprint density at radius 1 is 0.844 bits per heavy atom. The molecule has 0 fully saturated rings. The lowest BCUT2D eigenvalue weighted by Crippen LogP contribution is -2.30. The molecule has 0 radical (unpaired) electrons. The molecule has 1 aliphatic rings. The highest BCUT2D eigenvalue weighted by molar-refractivity contribution is 7.92. The summed E-state index contributed by atoms with van der Waals surface area (Å²) < 4.78 is 53.7. The summed E-state index contributed by atoms with van der Waals surface area (Å²) in [4.78, 5) is 13.1. The molecule has 0 aromatic heterocycles. The molecule has 0 spiro atoms. The summed E-state index contributed by atoms with van der Waals surface area (Å²) in [5.41, 5.74) is 2.09. The standard InChI is InChI=1S/C26H20F2O3S/c27-20-12-14-22(15-13-20)32(30,31)26-17-21(28)11-10-19(26)16-25(29)24-9-5-4-8-23(24)18-6-2-1-3-7-18/h1-15,17,19,26H,16H2. The predicted molar refractivity (Wildman–Crippen MR) is 120 cm³/mol. The number of hydrogen-bond acceptors (Lipinski definition) is 3. The van der Waals surface area contributed by atoms with Crippen molar-refractivity contribution in [2.24, 2.45) is 5.92 Å². The second-order valence-electron chi connectivity index (χ2n) is 7.58. The van der Waals surface area contributed by atoms with Gasteiger partial charge in [-0.25, -0.2) is 17.2 Å². The highest BCUT2D eigenvalue weighted by Gasteiger charge is 2.35. The van der Waals surface area contributed by atoms with Crippen LogP contribution in [0.4, 0.5) is 8.78 Å². The molecule has 0 saturated carbocycles. The van der Waals surface area contributed by atoms with Crippen LogP contribution < -0.4 is 0 Å². The van der Waals surface area contributed by atoms with E-state index in [0.29, 0.717) is 5.56 Å². The minimum atomic E-state index is -4.04. The summed E-state index contributed by atoms with van der Waals surface area (Å²) >= 11 is 0. The first-order valence-electron chi connectivity index (χ1n) is 10.1. The van der Waals surface area contributed by atoms with Crippen molar-refractivity contribution in [2.45, 2.75) is 16.6 Å². The fourth-order valence-electron chi connectivity index (χ4n) is 3.87. The fourth-order valence-corrected chi connectivity index (χ4v) is 5.65. The van der Waals surface area contributed by atoms with Gasteiger partial charge in [-0.2, -0.15) is 0 Å². The quantitative estimate of drug-likeness (QED) is 0.345. The van der Waals surface area contributed by atoms with Crippen molar-refractivity contribution in [1.82, 2.24) is 0 Å². The van der Waals surface area contributed by atoms with E-state index in [-0.39, 0.29) is 17.1 Å². The van der Waals surface area contributed by atoms with Crippen molar-refractivity contribution in [3.63, 3.8) is 0 Å². The maximum absolute atomic E-state index is 14.0. The van der Waals surface area contributed by atoms with Crippen molar-refractivity contribution in [3.8, 4) is 11.1 Å². The van der Waals surface area contributed by atoms with Crippen LogP contribution in [0.2, 0.25) is 0 Å². The van der Waals surface area contributed by atoms with Crippen LogP contribution in [0.5, 0.6) is 0 Å². The van der Waals surface area contributed by atoms with Crippen LogP contribution in [0, 0.1) is 11.7 Å². The number of halogens is 2. The van der Waals surface area contributed by atoms with Crippen molar-refractivity contribution in [3.05, 3.63) is 114 Å². The molecule has 0 amide bonds. The largest absolute Gasteiger partial charge is 0.294 e. The Morgan fingerprint density at radius 2 is 1.50 bits per heavy atom. The fraction of sp³-hybridized carbons (Fsp3) is 0.115. The van der Waals surface area contributed by atoms with Crippen LogP contribution in [-0.2, 0) is 9.84 Å².